The van der Waals surface area contributed by atoms with Gasteiger partial charge in [-0.3, -0.25) is 14.4 Å². The van der Waals surface area contributed by atoms with Gasteiger partial charge in [-0.15, -0.1) is 0 Å². The predicted octanol–water partition coefficient (Wildman–Crippen LogP) is 1.88. The van der Waals surface area contributed by atoms with Crippen molar-refractivity contribution in [3.63, 3.8) is 0 Å². The number of aromatic hydroxyl groups is 2. The lowest BCUT2D eigenvalue weighted by Gasteiger charge is -2.33. The second-order valence-electron chi connectivity index (χ2n) is 10.5. The van der Waals surface area contributed by atoms with Crippen molar-refractivity contribution in [1.29, 1.82) is 0 Å². The molecule has 0 fully saturated rings. The second-order valence-corrected chi connectivity index (χ2v) is 10.5. The molecule has 41 heavy (non-hydrogen) atoms. The molecule has 1 amide bonds. The maximum Gasteiger partial charge on any atom is 0.224 e. The highest BCUT2D eigenvalue weighted by Crippen LogP contribution is 2.44. The Hall–Kier alpha value is -3.87. The summed E-state index contributed by atoms with van der Waals surface area (Å²) in [5.41, 5.74) is 7.96. The van der Waals surface area contributed by atoms with Gasteiger partial charge in [0.05, 0.1) is 31.4 Å². The van der Waals surface area contributed by atoms with Crippen LogP contribution >= 0.6 is 0 Å². The molecule has 12 heteroatoms. The Labute approximate surface area is 243 Å². The standard InChI is InChI=1S/C29H39N3O8.H2O.3H2/c1-32(2)22-12-21(31-14-16-4-5-26(40-3)24(36)10-16)29(39)28-19(22)9-17(11-25(28)37)8-18(6-7-33)20(15-34)23(35)13-27(30)38;;;;/h4-5,10,12,17-18,20,31,33-34,36,39H,6-9,11,13-15H2,1-3H3,(H2,30,38);1H2;3*1H. The molecule has 2 aromatic carbocycles. The van der Waals surface area contributed by atoms with Crippen LogP contribution in [0.4, 0.5) is 11.4 Å². The van der Waals surface area contributed by atoms with Gasteiger partial charge < -0.3 is 46.6 Å². The SMILES string of the molecule is COc1ccc(CNc2cc(N(C)C)c3c(c2O)C(=O)CC(CC(CCO)C(CO)C(=O)CC(N)=O)C3)cc1O.O.[HH].[HH].[HH]. The molecule has 3 atom stereocenters. The molecule has 0 saturated heterocycles. The molecule has 3 unspecified atom stereocenters. The molecule has 3 rings (SSSR count). The second kappa shape index (κ2) is 14.7. The van der Waals surface area contributed by atoms with E-state index in [1.165, 1.54) is 7.11 Å². The third-order valence-electron chi connectivity index (χ3n) is 7.50. The minimum Gasteiger partial charge on any atom is -0.505 e. The summed E-state index contributed by atoms with van der Waals surface area (Å²) in [6, 6.07) is 6.74. The number of carbonyl (C=O) groups is 3. The summed E-state index contributed by atoms with van der Waals surface area (Å²) in [6.07, 6.45) is 0.662. The minimum atomic E-state index is -0.873. The molecule has 12 nitrogen and oxygen atoms in total. The van der Waals surface area contributed by atoms with Gasteiger partial charge in [0, 0.05) is 49.6 Å². The van der Waals surface area contributed by atoms with E-state index in [9.17, 15) is 34.8 Å². The quantitative estimate of drug-likeness (QED) is 0.141. The van der Waals surface area contributed by atoms with E-state index in [0.717, 1.165) is 11.3 Å². The van der Waals surface area contributed by atoms with E-state index in [1.54, 1.807) is 24.3 Å². The average Bonchev–Trinajstić information content (AvgIpc) is 2.88. The Balaban J connectivity index is 0. The number of carbonyl (C=O) groups excluding carboxylic acids is 3. The Kier molecular flexibility index (Phi) is 11.9. The number of anilines is 2. The van der Waals surface area contributed by atoms with Crippen LogP contribution in [0, 0.1) is 17.8 Å². The summed E-state index contributed by atoms with van der Waals surface area (Å²) >= 11 is 0. The molecule has 0 radical (unpaired) electrons. The van der Waals surface area contributed by atoms with Gasteiger partial charge in [0.15, 0.2) is 17.3 Å². The molecule has 9 N–H and O–H groups in total. The molecule has 232 valence electrons. The van der Waals surface area contributed by atoms with E-state index >= 15 is 0 Å². The fourth-order valence-electron chi connectivity index (χ4n) is 5.57. The molecule has 1 aliphatic carbocycles. The first kappa shape index (κ1) is 33.3. The van der Waals surface area contributed by atoms with Gasteiger partial charge in [0.25, 0.3) is 0 Å². The lowest BCUT2D eigenvalue weighted by molar-refractivity contribution is -0.131. The van der Waals surface area contributed by atoms with Crippen LogP contribution in [0.15, 0.2) is 24.3 Å². The molecule has 0 aromatic heterocycles. The number of aliphatic hydroxyl groups excluding tert-OH is 2. The first-order valence-electron chi connectivity index (χ1n) is 13.2. The first-order chi connectivity index (χ1) is 19.0. The third kappa shape index (κ3) is 7.87. The summed E-state index contributed by atoms with van der Waals surface area (Å²) in [5, 5.41) is 43.9. The summed E-state index contributed by atoms with van der Waals surface area (Å²) in [7, 11) is 5.14. The maximum absolute atomic E-state index is 13.4. The van der Waals surface area contributed by atoms with E-state index < -0.39 is 36.6 Å². The highest BCUT2D eigenvalue weighted by Gasteiger charge is 2.36. The number of rotatable bonds is 14. The number of primary amides is 1. The molecule has 1 aliphatic rings. The van der Waals surface area contributed by atoms with Crippen molar-refractivity contribution >= 4 is 28.8 Å². The van der Waals surface area contributed by atoms with Crippen LogP contribution in [-0.2, 0) is 22.6 Å². The van der Waals surface area contributed by atoms with Gasteiger partial charge in [-0.1, -0.05) is 6.07 Å². The fourth-order valence-corrected chi connectivity index (χ4v) is 5.57. The topological polar surface area (TPSA) is 214 Å². The lowest BCUT2D eigenvalue weighted by atomic mass is 9.73. The number of phenolic OH excluding ortho intramolecular Hbond substituents is 2. The molecule has 0 heterocycles. The zero-order chi connectivity index (χ0) is 29.6. The Morgan fingerprint density at radius 2 is 1.90 bits per heavy atom. The number of hydrogen-bond donors (Lipinski definition) is 6. The van der Waals surface area contributed by atoms with E-state index in [2.05, 4.69) is 5.32 Å². The molecular formula is C29H47N3O9. The third-order valence-corrected chi connectivity index (χ3v) is 7.50. The van der Waals surface area contributed by atoms with Crippen molar-refractivity contribution in [2.24, 2.45) is 23.5 Å². The normalized spacial score (nSPS) is 15.7. The van der Waals surface area contributed by atoms with Crippen molar-refractivity contribution < 1.29 is 49.3 Å². The number of ketones is 2. The number of nitrogens with two attached hydrogens (primary N) is 1. The van der Waals surface area contributed by atoms with Crippen molar-refractivity contribution in [2.45, 2.75) is 38.6 Å². The fraction of sp³-hybridized carbons (Fsp3) is 0.483. The Bertz CT molecular complexity index is 1260. The van der Waals surface area contributed by atoms with E-state index in [-0.39, 0.29) is 64.5 Å². The minimum absolute atomic E-state index is 0. The number of benzene rings is 2. The summed E-state index contributed by atoms with van der Waals surface area (Å²) in [4.78, 5) is 39.1. The maximum atomic E-state index is 13.4. The largest absolute Gasteiger partial charge is 0.505 e. The smallest absolute Gasteiger partial charge is 0.224 e. The number of fused-ring (bicyclic) bond motifs is 1. The number of Topliss-reactive ketones (excluding diaryl/α,β-unsaturated/α-hetero) is 2. The molecule has 0 aliphatic heterocycles. The van der Waals surface area contributed by atoms with Crippen LogP contribution in [0.2, 0.25) is 0 Å². The van der Waals surface area contributed by atoms with Gasteiger partial charge in [0.2, 0.25) is 5.91 Å². The number of phenols is 2. The molecule has 0 spiro atoms. The summed E-state index contributed by atoms with van der Waals surface area (Å²) in [5.74, 6) is -2.85. The zero-order valence-electron chi connectivity index (χ0n) is 23.6. The number of amides is 1. The Morgan fingerprint density at radius 1 is 1.20 bits per heavy atom. The van der Waals surface area contributed by atoms with Gasteiger partial charge >= 0.3 is 0 Å². The summed E-state index contributed by atoms with van der Waals surface area (Å²) < 4.78 is 5.08. The highest BCUT2D eigenvalue weighted by molar-refractivity contribution is 6.04. The average molecular weight is 582 g/mol. The van der Waals surface area contributed by atoms with E-state index in [4.69, 9.17) is 10.5 Å². The van der Waals surface area contributed by atoms with Crippen LogP contribution < -0.4 is 20.7 Å². The Morgan fingerprint density at radius 3 is 2.46 bits per heavy atom. The van der Waals surface area contributed by atoms with E-state index in [1.807, 2.05) is 19.0 Å². The molecule has 2 aromatic rings. The van der Waals surface area contributed by atoms with Crippen molar-refractivity contribution in [2.75, 3.05) is 44.6 Å². The van der Waals surface area contributed by atoms with Crippen LogP contribution in [0.25, 0.3) is 0 Å². The molecule has 0 bridgehead atoms. The monoisotopic (exact) mass is 581 g/mol. The number of ether oxygens (including phenoxy) is 1. The van der Waals surface area contributed by atoms with Gasteiger partial charge in [-0.05, 0) is 60.4 Å². The predicted molar refractivity (Wildman–Crippen MR) is 160 cm³/mol. The number of hydrogen-bond acceptors (Lipinski definition) is 10. The van der Waals surface area contributed by atoms with E-state index in [0.29, 0.717) is 29.8 Å². The van der Waals surface area contributed by atoms with Crippen LogP contribution in [-0.4, -0.2) is 77.8 Å². The number of aliphatic hydroxyl groups is 2. The van der Waals surface area contributed by atoms with Gasteiger partial charge in [-0.2, -0.15) is 0 Å². The highest BCUT2D eigenvalue weighted by atomic mass is 16.5. The summed E-state index contributed by atoms with van der Waals surface area (Å²) in [6.45, 7) is -0.427. The first-order valence-corrected chi connectivity index (χ1v) is 13.2. The molecular weight excluding hydrogens is 534 g/mol. The van der Waals surface area contributed by atoms with Crippen molar-refractivity contribution in [1.82, 2.24) is 0 Å². The van der Waals surface area contributed by atoms with Gasteiger partial charge in [0.1, 0.15) is 11.5 Å². The molecule has 0 saturated carbocycles. The van der Waals surface area contributed by atoms with Crippen molar-refractivity contribution in [3.05, 3.63) is 41.0 Å². The number of methoxy groups -OCH3 is 1. The van der Waals surface area contributed by atoms with Crippen LogP contribution in [0.1, 0.15) is 51.4 Å². The number of nitrogens with zero attached hydrogens (tertiary/aromatic N) is 1. The van der Waals surface area contributed by atoms with Crippen LogP contribution in [0.3, 0.4) is 0 Å². The van der Waals surface area contributed by atoms with Gasteiger partial charge in [-0.25, -0.2) is 0 Å². The van der Waals surface area contributed by atoms with Crippen molar-refractivity contribution in [3.8, 4) is 17.2 Å². The zero-order valence-corrected chi connectivity index (χ0v) is 23.6. The number of nitrogens with one attached hydrogen (secondary N) is 1. The lowest BCUT2D eigenvalue weighted by Crippen LogP contribution is -2.34. The van der Waals surface area contributed by atoms with Crippen LogP contribution in [0.5, 0.6) is 17.2 Å².